The lowest BCUT2D eigenvalue weighted by atomic mass is 10.1. The molecule has 0 aliphatic carbocycles. The van der Waals surface area contributed by atoms with Crippen LogP contribution in [-0.4, -0.2) is 45.1 Å². The zero-order valence-corrected chi connectivity index (χ0v) is 17.7. The van der Waals surface area contributed by atoms with Crippen LogP contribution in [0, 0.1) is 26.7 Å². The number of aryl methyl sites for hydroxylation is 3. The average Bonchev–Trinajstić information content (AvgIpc) is 3.29. The van der Waals surface area contributed by atoms with Crippen LogP contribution in [0.25, 0.3) is 5.78 Å². The van der Waals surface area contributed by atoms with E-state index in [0.29, 0.717) is 24.1 Å². The van der Waals surface area contributed by atoms with Crippen molar-refractivity contribution < 1.29 is 4.79 Å². The number of halogens is 1. The van der Waals surface area contributed by atoms with Gasteiger partial charge in [-0.25, -0.2) is 9.50 Å². The Bertz CT molecular complexity index is 1060. The number of carbonyl (C=O) groups excluding carboxylic acids is 1. The molecule has 1 fully saturated rings. The lowest BCUT2D eigenvalue weighted by molar-refractivity contribution is -0.120. The van der Waals surface area contributed by atoms with E-state index in [4.69, 9.17) is 11.6 Å². The molecule has 1 aromatic carbocycles. The van der Waals surface area contributed by atoms with E-state index in [-0.39, 0.29) is 12.3 Å². The molecule has 8 heteroatoms. The highest BCUT2D eigenvalue weighted by Gasteiger charge is 2.24. The van der Waals surface area contributed by atoms with E-state index in [1.54, 1.807) is 4.52 Å². The first-order valence-corrected chi connectivity index (χ1v) is 10.2. The monoisotopic (exact) mass is 412 g/mol. The summed E-state index contributed by atoms with van der Waals surface area (Å²) in [5.41, 5.74) is 4.24. The summed E-state index contributed by atoms with van der Waals surface area (Å²) in [5, 5.41) is 8.20. The number of hydrogen-bond donors (Lipinski definition) is 1. The van der Waals surface area contributed by atoms with Crippen LogP contribution in [0.3, 0.4) is 0 Å². The molecule has 29 heavy (non-hydrogen) atoms. The van der Waals surface area contributed by atoms with Crippen LogP contribution in [0.5, 0.6) is 0 Å². The van der Waals surface area contributed by atoms with Crippen LogP contribution in [0.4, 0.5) is 5.69 Å². The third-order valence-corrected chi connectivity index (χ3v) is 5.60. The van der Waals surface area contributed by atoms with Crippen LogP contribution in [0.1, 0.15) is 29.2 Å². The van der Waals surface area contributed by atoms with Gasteiger partial charge in [0, 0.05) is 41.7 Å². The molecule has 152 valence electrons. The summed E-state index contributed by atoms with van der Waals surface area (Å²) in [4.78, 5) is 23.5. The molecule has 7 nitrogen and oxygen atoms in total. The van der Waals surface area contributed by atoms with Crippen LogP contribution < -0.4 is 10.2 Å². The number of benzene rings is 1. The Labute approximate surface area is 175 Å². The fraction of sp³-hybridized carbons (Fsp3) is 0.429. The molecule has 0 radical (unpaired) electrons. The van der Waals surface area contributed by atoms with Crippen LogP contribution in [-0.2, 0) is 11.2 Å². The van der Waals surface area contributed by atoms with Crippen molar-refractivity contribution in [1.29, 1.82) is 0 Å². The summed E-state index contributed by atoms with van der Waals surface area (Å²) in [6.07, 6.45) is 1.20. The summed E-state index contributed by atoms with van der Waals surface area (Å²) in [7, 11) is 0. The molecular weight excluding hydrogens is 388 g/mol. The highest BCUT2D eigenvalue weighted by molar-refractivity contribution is 6.30. The Balaban J connectivity index is 1.32. The van der Waals surface area contributed by atoms with E-state index in [1.807, 2.05) is 38.1 Å². The van der Waals surface area contributed by atoms with E-state index in [9.17, 15) is 4.79 Å². The molecule has 1 atom stereocenters. The number of aromatic nitrogens is 4. The van der Waals surface area contributed by atoms with Crippen molar-refractivity contribution in [3.05, 3.63) is 52.1 Å². The van der Waals surface area contributed by atoms with E-state index < -0.39 is 0 Å². The first kappa shape index (κ1) is 19.6. The fourth-order valence-corrected chi connectivity index (χ4v) is 4.05. The predicted octanol–water partition coefficient (Wildman–Crippen LogP) is 2.89. The summed E-state index contributed by atoms with van der Waals surface area (Å²) >= 11 is 6.16. The second-order valence-electron chi connectivity index (χ2n) is 7.79. The summed E-state index contributed by atoms with van der Waals surface area (Å²) in [6, 6.07) is 7.93. The Morgan fingerprint density at radius 2 is 2.07 bits per heavy atom. The highest BCUT2D eigenvalue weighted by atomic mass is 35.5. The Morgan fingerprint density at radius 3 is 2.90 bits per heavy atom. The molecule has 1 aliphatic heterocycles. The maximum atomic E-state index is 12.4. The van der Waals surface area contributed by atoms with Gasteiger partial charge in [-0.1, -0.05) is 17.7 Å². The number of fused-ring (bicyclic) bond motifs is 1. The van der Waals surface area contributed by atoms with Crippen molar-refractivity contribution in [3.63, 3.8) is 0 Å². The number of carbonyl (C=O) groups is 1. The second kappa shape index (κ2) is 7.99. The van der Waals surface area contributed by atoms with Crippen molar-refractivity contribution in [3.8, 4) is 0 Å². The molecular formula is C21H25ClN6O. The van der Waals surface area contributed by atoms with Crippen LogP contribution in [0.15, 0.2) is 24.3 Å². The third kappa shape index (κ3) is 4.34. The Morgan fingerprint density at radius 1 is 1.24 bits per heavy atom. The number of nitrogens with zero attached hydrogens (tertiary/aromatic N) is 5. The molecule has 1 saturated heterocycles. The van der Waals surface area contributed by atoms with Gasteiger partial charge in [-0.15, -0.1) is 5.10 Å². The SMILES string of the molecule is Cc1cc(C)n2nc(CC(=O)NCC3CCN(c4cc(Cl)ccc4C)C3)nc2n1. The Kier molecular flexibility index (Phi) is 5.41. The average molecular weight is 413 g/mol. The van der Waals surface area contributed by atoms with Gasteiger partial charge in [-0.3, -0.25) is 4.79 Å². The quantitative estimate of drug-likeness (QED) is 0.697. The van der Waals surface area contributed by atoms with Gasteiger partial charge in [0.2, 0.25) is 5.91 Å². The van der Waals surface area contributed by atoms with Gasteiger partial charge in [-0.2, -0.15) is 4.98 Å². The largest absolute Gasteiger partial charge is 0.371 e. The molecule has 4 rings (SSSR count). The maximum Gasteiger partial charge on any atom is 0.252 e. The molecule has 3 heterocycles. The molecule has 1 aliphatic rings. The number of rotatable bonds is 5. The van der Waals surface area contributed by atoms with Gasteiger partial charge < -0.3 is 10.2 Å². The normalized spacial score (nSPS) is 16.6. The molecule has 2 aromatic heterocycles. The molecule has 0 saturated carbocycles. The van der Waals surface area contributed by atoms with E-state index in [0.717, 1.165) is 35.9 Å². The van der Waals surface area contributed by atoms with E-state index in [2.05, 4.69) is 32.2 Å². The highest BCUT2D eigenvalue weighted by Crippen LogP contribution is 2.29. The third-order valence-electron chi connectivity index (χ3n) is 5.37. The van der Waals surface area contributed by atoms with Gasteiger partial charge >= 0.3 is 0 Å². The van der Waals surface area contributed by atoms with E-state index >= 15 is 0 Å². The lowest BCUT2D eigenvalue weighted by Crippen LogP contribution is -2.32. The fourth-order valence-electron chi connectivity index (χ4n) is 3.89. The summed E-state index contributed by atoms with van der Waals surface area (Å²) in [5.74, 6) is 1.38. The smallest absolute Gasteiger partial charge is 0.252 e. The molecule has 0 bridgehead atoms. The standard InChI is InChI=1S/C21H25ClN6O/c1-13-4-5-17(22)9-18(13)27-7-6-16(12-27)11-23-20(29)10-19-25-21-24-14(2)8-15(3)28(21)26-19/h4-5,8-9,16H,6-7,10-12H2,1-3H3,(H,23,29). The number of amides is 1. The zero-order chi connectivity index (χ0) is 20.5. The first-order valence-electron chi connectivity index (χ1n) is 9.87. The summed E-state index contributed by atoms with van der Waals surface area (Å²) < 4.78 is 1.68. The van der Waals surface area contributed by atoms with Gasteiger partial charge in [0.15, 0.2) is 5.82 Å². The molecule has 1 N–H and O–H groups in total. The molecule has 3 aromatic rings. The van der Waals surface area contributed by atoms with Crippen molar-refractivity contribution in [1.82, 2.24) is 24.9 Å². The van der Waals surface area contributed by atoms with Crippen LogP contribution >= 0.6 is 11.6 Å². The topological polar surface area (TPSA) is 75.4 Å². The zero-order valence-electron chi connectivity index (χ0n) is 16.9. The minimum absolute atomic E-state index is 0.0623. The second-order valence-corrected chi connectivity index (χ2v) is 8.23. The van der Waals surface area contributed by atoms with Gasteiger partial charge in [0.05, 0.1) is 6.42 Å². The van der Waals surface area contributed by atoms with Gasteiger partial charge in [0.1, 0.15) is 0 Å². The van der Waals surface area contributed by atoms with Crippen molar-refractivity contribution in [2.75, 3.05) is 24.5 Å². The molecule has 1 amide bonds. The lowest BCUT2D eigenvalue weighted by Gasteiger charge is -2.21. The van der Waals surface area contributed by atoms with Crippen molar-refractivity contribution in [2.24, 2.45) is 5.92 Å². The molecule has 0 spiro atoms. The van der Waals surface area contributed by atoms with Crippen molar-refractivity contribution in [2.45, 2.75) is 33.6 Å². The first-order chi connectivity index (χ1) is 13.9. The van der Waals surface area contributed by atoms with Crippen molar-refractivity contribution >= 4 is 29.0 Å². The van der Waals surface area contributed by atoms with Crippen LogP contribution in [0.2, 0.25) is 5.02 Å². The number of hydrogen-bond acceptors (Lipinski definition) is 5. The predicted molar refractivity (Wildman–Crippen MR) is 113 cm³/mol. The maximum absolute atomic E-state index is 12.4. The number of nitrogens with one attached hydrogen (secondary N) is 1. The Hall–Kier alpha value is -2.67. The molecule has 1 unspecified atom stereocenters. The number of anilines is 1. The summed E-state index contributed by atoms with van der Waals surface area (Å²) in [6.45, 7) is 8.51. The minimum atomic E-state index is -0.0623. The van der Waals surface area contributed by atoms with Gasteiger partial charge in [0.25, 0.3) is 5.78 Å². The minimum Gasteiger partial charge on any atom is -0.371 e. The van der Waals surface area contributed by atoms with E-state index in [1.165, 1.54) is 11.3 Å². The van der Waals surface area contributed by atoms with Gasteiger partial charge in [-0.05, 0) is 56.9 Å².